The minimum atomic E-state index is -0.296. The summed E-state index contributed by atoms with van der Waals surface area (Å²) in [5, 5.41) is 23.2. The molecule has 36 heavy (non-hydrogen) atoms. The maximum Gasteiger partial charge on any atom is 0.250 e. The molecule has 0 unspecified atom stereocenters. The van der Waals surface area contributed by atoms with Crippen molar-refractivity contribution >= 4 is 23.4 Å². The van der Waals surface area contributed by atoms with Gasteiger partial charge in [0.1, 0.15) is 5.75 Å². The molecule has 0 atom stereocenters. The number of carbonyl (C=O) groups is 1. The minimum absolute atomic E-state index is 0.0327. The molecule has 4 rings (SSSR count). The van der Waals surface area contributed by atoms with Gasteiger partial charge in [-0.1, -0.05) is 42.1 Å². The molecule has 184 valence electrons. The van der Waals surface area contributed by atoms with Crippen LogP contribution in [-0.4, -0.2) is 51.5 Å². The van der Waals surface area contributed by atoms with Crippen LogP contribution in [0.5, 0.6) is 17.2 Å². The number of nitrogens with zero attached hydrogens (tertiary/aromatic N) is 4. The molecule has 9 nitrogen and oxygen atoms in total. The molecule has 0 spiro atoms. The Labute approximate surface area is 212 Å². The Morgan fingerprint density at radius 1 is 1.03 bits per heavy atom. The van der Waals surface area contributed by atoms with Gasteiger partial charge in [-0.05, 0) is 49.4 Å². The van der Waals surface area contributed by atoms with E-state index in [4.69, 9.17) is 9.47 Å². The van der Waals surface area contributed by atoms with Gasteiger partial charge < -0.3 is 14.6 Å². The second-order valence-corrected chi connectivity index (χ2v) is 8.56. The van der Waals surface area contributed by atoms with E-state index in [9.17, 15) is 9.90 Å². The highest BCUT2D eigenvalue weighted by atomic mass is 32.2. The number of aromatic hydroxyl groups is 1. The Balaban J connectivity index is 1.51. The van der Waals surface area contributed by atoms with Gasteiger partial charge in [0, 0.05) is 16.8 Å². The van der Waals surface area contributed by atoms with Crippen molar-refractivity contribution < 1.29 is 19.4 Å². The Hall–Kier alpha value is -4.31. The topological polar surface area (TPSA) is 111 Å². The van der Waals surface area contributed by atoms with E-state index in [0.717, 1.165) is 17.0 Å². The maximum atomic E-state index is 12.6. The average molecular weight is 504 g/mol. The van der Waals surface area contributed by atoms with Crippen molar-refractivity contribution in [3.05, 3.63) is 78.4 Å². The van der Waals surface area contributed by atoms with Gasteiger partial charge in [-0.3, -0.25) is 9.36 Å². The highest BCUT2D eigenvalue weighted by Gasteiger charge is 2.17. The smallest absolute Gasteiger partial charge is 0.250 e. The molecule has 1 aromatic heterocycles. The van der Waals surface area contributed by atoms with Crippen LogP contribution in [0.3, 0.4) is 0 Å². The Kier molecular flexibility index (Phi) is 7.86. The van der Waals surface area contributed by atoms with Crippen molar-refractivity contribution in [3.8, 4) is 34.3 Å². The highest BCUT2D eigenvalue weighted by Crippen LogP contribution is 2.29. The highest BCUT2D eigenvalue weighted by molar-refractivity contribution is 7.99. The summed E-state index contributed by atoms with van der Waals surface area (Å²) in [6.45, 7) is 1.76. The van der Waals surface area contributed by atoms with Crippen LogP contribution in [0.25, 0.3) is 17.1 Å². The van der Waals surface area contributed by atoms with E-state index in [1.165, 1.54) is 24.9 Å². The zero-order chi connectivity index (χ0) is 25.5. The molecule has 0 aliphatic carbocycles. The first-order chi connectivity index (χ1) is 17.5. The third kappa shape index (κ3) is 5.66. The lowest BCUT2D eigenvalue weighted by Crippen LogP contribution is -2.21. The molecule has 0 aliphatic heterocycles. The first-order valence-electron chi connectivity index (χ1n) is 11.0. The molecule has 0 aliphatic rings. The molecule has 3 aromatic carbocycles. The molecule has 4 aromatic rings. The van der Waals surface area contributed by atoms with Crippen molar-refractivity contribution in [2.75, 3.05) is 20.0 Å². The second kappa shape index (κ2) is 11.4. The fourth-order valence-electron chi connectivity index (χ4n) is 3.38. The summed E-state index contributed by atoms with van der Waals surface area (Å²) >= 11 is 1.25. The number of nitrogens with one attached hydrogen (secondary N) is 1. The number of amides is 1. The van der Waals surface area contributed by atoms with Crippen molar-refractivity contribution in [1.82, 2.24) is 20.2 Å². The summed E-state index contributed by atoms with van der Waals surface area (Å²) in [5.41, 5.74) is 5.60. The number of phenols is 1. The molecule has 0 radical (unpaired) electrons. The SMILES string of the molecule is COc1ccc(-n2c(SCC(=O)N/N=C(\C)c3ccc(O)c(OC)c3)nnc2-c2ccccc2)cc1. The number of rotatable bonds is 9. The summed E-state index contributed by atoms with van der Waals surface area (Å²) in [6, 6.07) is 22.1. The minimum Gasteiger partial charge on any atom is -0.504 e. The van der Waals surface area contributed by atoms with Crippen LogP contribution in [0.15, 0.2) is 83.1 Å². The molecule has 0 saturated carbocycles. The lowest BCUT2D eigenvalue weighted by atomic mass is 10.1. The quantitative estimate of drug-likeness (QED) is 0.199. The third-order valence-corrected chi connectivity index (χ3v) is 6.20. The van der Waals surface area contributed by atoms with Gasteiger partial charge in [-0.25, -0.2) is 5.43 Å². The van der Waals surface area contributed by atoms with Crippen molar-refractivity contribution in [3.63, 3.8) is 0 Å². The monoisotopic (exact) mass is 503 g/mol. The number of benzene rings is 3. The fraction of sp³-hybridized carbons (Fsp3) is 0.154. The van der Waals surface area contributed by atoms with Crippen LogP contribution in [0.4, 0.5) is 0 Å². The number of thioether (sulfide) groups is 1. The van der Waals surface area contributed by atoms with Gasteiger partial charge in [-0.15, -0.1) is 10.2 Å². The summed E-state index contributed by atoms with van der Waals surface area (Å²) in [5.74, 6) is 1.55. The molecule has 0 saturated heterocycles. The maximum absolute atomic E-state index is 12.6. The van der Waals surface area contributed by atoms with Crippen molar-refractivity contribution in [2.24, 2.45) is 5.10 Å². The fourth-order valence-corrected chi connectivity index (χ4v) is 4.12. The normalized spacial score (nSPS) is 11.2. The van der Waals surface area contributed by atoms with E-state index in [1.807, 2.05) is 59.2 Å². The Morgan fingerprint density at radius 3 is 2.47 bits per heavy atom. The van der Waals surface area contributed by atoms with E-state index < -0.39 is 0 Å². The predicted octanol–water partition coefficient (Wildman–Crippen LogP) is 4.29. The van der Waals surface area contributed by atoms with E-state index in [0.29, 0.717) is 28.0 Å². The lowest BCUT2D eigenvalue weighted by molar-refractivity contribution is -0.118. The summed E-state index contributed by atoms with van der Waals surface area (Å²) in [4.78, 5) is 12.6. The molecule has 0 bridgehead atoms. The summed E-state index contributed by atoms with van der Waals surface area (Å²) in [6.07, 6.45) is 0. The molecular weight excluding hydrogens is 478 g/mol. The number of ether oxygens (including phenoxy) is 2. The zero-order valence-corrected chi connectivity index (χ0v) is 20.8. The van der Waals surface area contributed by atoms with Crippen LogP contribution in [0.1, 0.15) is 12.5 Å². The zero-order valence-electron chi connectivity index (χ0n) is 20.0. The van der Waals surface area contributed by atoms with Gasteiger partial charge in [0.05, 0.1) is 25.7 Å². The average Bonchev–Trinajstić information content (AvgIpc) is 3.35. The number of methoxy groups -OCH3 is 2. The molecule has 2 N–H and O–H groups in total. The van der Waals surface area contributed by atoms with E-state index in [-0.39, 0.29) is 17.4 Å². The predicted molar refractivity (Wildman–Crippen MR) is 139 cm³/mol. The van der Waals surface area contributed by atoms with Gasteiger partial charge in [0.15, 0.2) is 22.5 Å². The Bertz CT molecular complexity index is 1370. The van der Waals surface area contributed by atoms with Crippen LogP contribution >= 0.6 is 11.8 Å². The van der Waals surface area contributed by atoms with E-state index in [2.05, 4.69) is 20.7 Å². The standard InChI is InChI=1S/C26H25N5O4S/c1-17(19-9-14-22(32)23(15-19)35-3)27-28-24(33)16-36-26-30-29-25(18-7-5-4-6-8-18)31(26)20-10-12-21(34-2)13-11-20/h4-15,32H,16H2,1-3H3,(H,28,33)/b27-17+. The van der Waals surface area contributed by atoms with E-state index >= 15 is 0 Å². The third-order valence-electron chi connectivity index (χ3n) is 5.27. The number of hydrogen-bond acceptors (Lipinski definition) is 8. The number of hydrogen-bond donors (Lipinski definition) is 2. The van der Waals surface area contributed by atoms with E-state index in [1.54, 1.807) is 26.2 Å². The van der Waals surface area contributed by atoms with Crippen LogP contribution in [0, 0.1) is 0 Å². The number of carbonyl (C=O) groups excluding carboxylic acids is 1. The summed E-state index contributed by atoms with van der Waals surface area (Å²) < 4.78 is 12.3. The molecule has 0 fully saturated rings. The first-order valence-corrected chi connectivity index (χ1v) is 12.0. The van der Waals surface area contributed by atoms with Gasteiger partial charge in [0.25, 0.3) is 5.91 Å². The second-order valence-electron chi connectivity index (χ2n) is 7.61. The van der Waals surface area contributed by atoms with Crippen LogP contribution < -0.4 is 14.9 Å². The first kappa shape index (κ1) is 24.8. The van der Waals surface area contributed by atoms with Crippen LogP contribution in [-0.2, 0) is 4.79 Å². The van der Waals surface area contributed by atoms with Gasteiger partial charge in [0.2, 0.25) is 0 Å². The molecule has 10 heteroatoms. The molecule has 1 amide bonds. The van der Waals surface area contributed by atoms with Crippen LogP contribution in [0.2, 0.25) is 0 Å². The van der Waals surface area contributed by atoms with Crippen molar-refractivity contribution in [1.29, 1.82) is 0 Å². The number of hydrazone groups is 1. The largest absolute Gasteiger partial charge is 0.504 e. The summed E-state index contributed by atoms with van der Waals surface area (Å²) in [7, 11) is 3.09. The van der Waals surface area contributed by atoms with Gasteiger partial charge in [-0.2, -0.15) is 5.10 Å². The number of aromatic nitrogens is 3. The molecular formula is C26H25N5O4S. The van der Waals surface area contributed by atoms with Crippen molar-refractivity contribution in [2.45, 2.75) is 12.1 Å². The Morgan fingerprint density at radius 2 is 1.78 bits per heavy atom. The lowest BCUT2D eigenvalue weighted by Gasteiger charge is -2.11. The molecule has 1 heterocycles. The van der Waals surface area contributed by atoms with Gasteiger partial charge >= 0.3 is 0 Å². The number of phenolic OH excluding ortho intramolecular Hbond substituents is 1.